The first kappa shape index (κ1) is 16.8. The monoisotopic (exact) mass is 335 g/mol. The van der Waals surface area contributed by atoms with Crippen LogP contribution in [0.5, 0.6) is 0 Å². The van der Waals surface area contributed by atoms with Crippen molar-refractivity contribution in [1.29, 1.82) is 0 Å². The number of hydrogen-bond acceptors (Lipinski definition) is 4. The van der Waals surface area contributed by atoms with Crippen LogP contribution in [-0.4, -0.2) is 32.7 Å². The average molecular weight is 335 g/mol. The number of benzene rings is 2. The minimum Gasteiger partial charge on any atom is -0.354 e. The highest BCUT2D eigenvalue weighted by Gasteiger charge is 2.22. The lowest BCUT2D eigenvalue weighted by molar-refractivity contribution is -0.124. The number of nitrogens with zero attached hydrogens (tertiary/aromatic N) is 4. The summed E-state index contributed by atoms with van der Waals surface area (Å²) < 4.78 is 1.51. The smallest absolute Gasteiger partial charge is 0.245 e. The molecule has 6 heteroatoms. The minimum absolute atomic E-state index is 0.0843. The van der Waals surface area contributed by atoms with E-state index in [0.717, 1.165) is 5.56 Å². The fourth-order valence-electron chi connectivity index (χ4n) is 2.73. The standard InChI is InChI=1S/C19H21N5O/c1-15(17-10-6-3-7-11-17)13-20-19(25)18(24-14-21-22-23-24)12-16-8-4-2-5-9-16/h2-11,14-15,18H,12-13H2,1H3,(H,20,25). The van der Waals surface area contributed by atoms with Gasteiger partial charge in [0.05, 0.1) is 0 Å². The molecule has 0 aliphatic heterocycles. The molecule has 3 rings (SSSR count). The predicted molar refractivity (Wildman–Crippen MR) is 94.9 cm³/mol. The Morgan fingerprint density at radius 2 is 1.76 bits per heavy atom. The van der Waals surface area contributed by atoms with E-state index >= 15 is 0 Å². The van der Waals surface area contributed by atoms with Crippen LogP contribution < -0.4 is 5.32 Å². The molecule has 128 valence electrons. The van der Waals surface area contributed by atoms with Gasteiger partial charge in [0.2, 0.25) is 5.91 Å². The lowest BCUT2D eigenvalue weighted by atomic mass is 10.0. The molecule has 1 N–H and O–H groups in total. The predicted octanol–water partition coefficient (Wildman–Crippen LogP) is 2.38. The molecule has 1 amide bonds. The van der Waals surface area contributed by atoms with Gasteiger partial charge in [0.1, 0.15) is 12.4 Å². The highest BCUT2D eigenvalue weighted by Crippen LogP contribution is 2.16. The zero-order valence-electron chi connectivity index (χ0n) is 14.1. The van der Waals surface area contributed by atoms with Crippen LogP contribution >= 0.6 is 0 Å². The van der Waals surface area contributed by atoms with E-state index in [-0.39, 0.29) is 11.8 Å². The van der Waals surface area contributed by atoms with E-state index in [9.17, 15) is 4.79 Å². The van der Waals surface area contributed by atoms with E-state index in [1.807, 2.05) is 48.5 Å². The van der Waals surface area contributed by atoms with Gasteiger partial charge < -0.3 is 5.32 Å². The fourth-order valence-corrected chi connectivity index (χ4v) is 2.73. The Kier molecular flexibility index (Phi) is 5.51. The molecule has 0 aliphatic carbocycles. The molecule has 0 aliphatic rings. The SMILES string of the molecule is CC(CNC(=O)C(Cc1ccccc1)n1cnnn1)c1ccccc1. The van der Waals surface area contributed by atoms with Crippen LogP contribution in [0.15, 0.2) is 67.0 Å². The third kappa shape index (κ3) is 4.50. The Bertz CT molecular complexity index is 774. The third-order valence-electron chi connectivity index (χ3n) is 4.21. The van der Waals surface area contributed by atoms with Gasteiger partial charge in [0.25, 0.3) is 0 Å². The van der Waals surface area contributed by atoms with Gasteiger partial charge in [-0.3, -0.25) is 4.79 Å². The largest absolute Gasteiger partial charge is 0.354 e. The van der Waals surface area contributed by atoms with Gasteiger partial charge >= 0.3 is 0 Å². The summed E-state index contributed by atoms with van der Waals surface area (Å²) in [6.07, 6.45) is 2.02. The van der Waals surface area contributed by atoms with Crippen molar-refractivity contribution in [2.45, 2.75) is 25.3 Å². The second-order valence-electron chi connectivity index (χ2n) is 6.05. The van der Waals surface area contributed by atoms with Gasteiger partial charge in [-0.05, 0) is 27.5 Å². The summed E-state index contributed by atoms with van der Waals surface area (Å²) >= 11 is 0. The van der Waals surface area contributed by atoms with Gasteiger partial charge in [-0.1, -0.05) is 67.6 Å². The number of aromatic nitrogens is 4. The van der Waals surface area contributed by atoms with Gasteiger partial charge in [0, 0.05) is 13.0 Å². The van der Waals surface area contributed by atoms with Crippen LogP contribution in [-0.2, 0) is 11.2 Å². The molecule has 25 heavy (non-hydrogen) atoms. The minimum atomic E-state index is -0.472. The van der Waals surface area contributed by atoms with Crippen molar-refractivity contribution >= 4 is 5.91 Å². The van der Waals surface area contributed by atoms with Gasteiger partial charge in [0.15, 0.2) is 0 Å². The maximum atomic E-state index is 12.8. The Labute approximate surface area is 146 Å². The van der Waals surface area contributed by atoms with E-state index in [4.69, 9.17) is 0 Å². The summed E-state index contributed by atoms with van der Waals surface area (Å²) in [7, 11) is 0. The van der Waals surface area contributed by atoms with Crippen LogP contribution in [0.2, 0.25) is 0 Å². The Morgan fingerprint density at radius 1 is 1.08 bits per heavy atom. The number of nitrogens with one attached hydrogen (secondary N) is 1. The van der Waals surface area contributed by atoms with Gasteiger partial charge in [-0.15, -0.1) is 5.10 Å². The summed E-state index contributed by atoms with van der Waals surface area (Å²) in [6, 6.07) is 19.5. The fraction of sp³-hybridized carbons (Fsp3) is 0.263. The van der Waals surface area contributed by atoms with Gasteiger partial charge in [-0.2, -0.15) is 0 Å². The number of tetrazole rings is 1. The maximum Gasteiger partial charge on any atom is 0.245 e. The molecule has 2 aromatic carbocycles. The summed E-state index contributed by atoms with van der Waals surface area (Å²) in [5, 5.41) is 14.3. The summed E-state index contributed by atoms with van der Waals surface area (Å²) in [5.41, 5.74) is 2.26. The summed E-state index contributed by atoms with van der Waals surface area (Å²) in [5.74, 6) is 0.148. The molecule has 0 bridgehead atoms. The van der Waals surface area contributed by atoms with E-state index in [2.05, 4.69) is 39.9 Å². The average Bonchev–Trinajstić information content (AvgIpc) is 3.20. The Hall–Kier alpha value is -3.02. The van der Waals surface area contributed by atoms with Crippen molar-refractivity contribution in [3.05, 3.63) is 78.1 Å². The summed E-state index contributed by atoms with van der Waals surface area (Å²) in [4.78, 5) is 12.8. The number of hydrogen-bond donors (Lipinski definition) is 1. The van der Waals surface area contributed by atoms with Crippen molar-refractivity contribution < 1.29 is 4.79 Å². The molecule has 0 saturated carbocycles. The topological polar surface area (TPSA) is 72.7 Å². The third-order valence-corrected chi connectivity index (χ3v) is 4.21. The lowest BCUT2D eigenvalue weighted by Gasteiger charge is -2.18. The number of amides is 1. The first-order valence-electron chi connectivity index (χ1n) is 8.33. The molecular weight excluding hydrogens is 314 g/mol. The van der Waals surface area contributed by atoms with Crippen LogP contribution in [0.25, 0.3) is 0 Å². The maximum absolute atomic E-state index is 12.8. The van der Waals surface area contributed by atoms with E-state index in [1.54, 1.807) is 0 Å². The molecular formula is C19H21N5O. The molecule has 0 fully saturated rings. The van der Waals surface area contributed by atoms with Crippen molar-refractivity contribution in [1.82, 2.24) is 25.5 Å². The van der Waals surface area contributed by atoms with Crippen molar-refractivity contribution in [3.63, 3.8) is 0 Å². The molecule has 1 heterocycles. The Balaban J connectivity index is 1.67. The molecule has 3 aromatic rings. The molecule has 0 radical (unpaired) electrons. The molecule has 0 spiro atoms. The van der Waals surface area contributed by atoms with E-state index < -0.39 is 6.04 Å². The highest BCUT2D eigenvalue weighted by molar-refractivity contribution is 5.80. The molecule has 2 unspecified atom stereocenters. The number of carbonyl (C=O) groups excluding carboxylic acids is 1. The number of carbonyl (C=O) groups is 1. The Morgan fingerprint density at radius 3 is 2.40 bits per heavy atom. The van der Waals surface area contributed by atoms with Crippen LogP contribution in [0.4, 0.5) is 0 Å². The zero-order chi connectivity index (χ0) is 17.5. The van der Waals surface area contributed by atoms with Crippen molar-refractivity contribution in [2.75, 3.05) is 6.54 Å². The van der Waals surface area contributed by atoms with Crippen molar-refractivity contribution in [3.8, 4) is 0 Å². The normalized spacial score (nSPS) is 13.2. The highest BCUT2D eigenvalue weighted by atomic mass is 16.2. The van der Waals surface area contributed by atoms with Crippen LogP contribution in [0.3, 0.4) is 0 Å². The lowest BCUT2D eigenvalue weighted by Crippen LogP contribution is -2.36. The quantitative estimate of drug-likeness (QED) is 0.719. The van der Waals surface area contributed by atoms with E-state index in [0.29, 0.717) is 13.0 Å². The second kappa shape index (κ2) is 8.19. The van der Waals surface area contributed by atoms with Crippen LogP contribution in [0.1, 0.15) is 30.0 Å². The second-order valence-corrected chi connectivity index (χ2v) is 6.05. The molecule has 0 saturated heterocycles. The van der Waals surface area contributed by atoms with Gasteiger partial charge in [-0.25, -0.2) is 4.68 Å². The molecule has 6 nitrogen and oxygen atoms in total. The zero-order valence-corrected chi connectivity index (χ0v) is 14.1. The number of rotatable bonds is 7. The first-order chi connectivity index (χ1) is 12.2. The van der Waals surface area contributed by atoms with Crippen LogP contribution in [0, 0.1) is 0 Å². The molecule has 2 atom stereocenters. The molecule has 1 aromatic heterocycles. The summed E-state index contributed by atoms with van der Waals surface area (Å²) in [6.45, 7) is 2.66. The first-order valence-corrected chi connectivity index (χ1v) is 8.33. The van der Waals surface area contributed by atoms with E-state index in [1.165, 1.54) is 16.6 Å². The van der Waals surface area contributed by atoms with Crippen molar-refractivity contribution in [2.24, 2.45) is 0 Å².